The molecule has 11 heteroatoms. The third-order valence-electron chi connectivity index (χ3n) is 1.83. The number of aryl methyl sites for hydroxylation is 1. The van der Waals surface area contributed by atoms with Crippen LogP contribution in [0.25, 0.3) is 0 Å². The number of hydrogen-bond donors (Lipinski definition) is 2. The molecule has 0 aliphatic rings. The molecule has 2 rings (SSSR count). The van der Waals surface area contributed by atoms with Gasteiger partial charge in [0.25, 0.3) is 0 Å². The summed E-state index contributed by atoms with van der Waals surface area (Å²) in [5.41, 5.74) is 1.74. The Morgan fingerprint density at radius 2 is 2.33 bits per heavy atom. The van der Waals surface area contributed by atoms with Gasteiger partial charge in [-0.25, -0.2) is 10.8 Å². The molecule has 11 nitrogen and oxygen atoms in total. The van der Waals surface area contributed by atoms with Crippen molar-refractivity contribution in [2.45, 2.75) is 0 Å². The second-order valence-electron chi connectivity index (χ2n) is 3.09. The van der Waals surface area contributed by atoms with Gasteiger partial charge in [0, 0.05) is 7.05 Å². The summed E-state index contributed by atoms with van der Waals surface area (Å²) in [5.74, 6) is 4.79. The largest absolute Gasteiger partial charge is 0.397 e. The highest BCUT2D eigenvalue weighted by atomic mass is 16.6. The Balaban J connectivity index is 2.37. The molecular weight excluding hydrogens is 244 g/mol. The van der Waals surface area contributed by atoms with Crippen LogP contribution < -0.4 is 16.0 Å². The van der Waals surface area contributed by atoms with Gasteiger partial charge in [0.1, 0.15) is 12.5 Å². The SMILES string of the molecule is Cn1cnc(Oc2nc(NN)ncc2[N+](=O)[O-])n1. The molecule has 94 valence electrons. The van der Waals surface area contributed by atoms with Gasteiger partial charge in [0.2, 0.25) is 5.95 Å². The molecule has 0 atom stereocenters. The van der Waals surface area contributed by atoms with E-state index in [0.717, 1.165) is 6.20 Å². The van der Waals surface area contributed by atoms with E-state index in [1.807, 2.05) is 0 Å². The number of nitrogen functional groups attached to an aromatic ring is 1. The summed E-state index contributed by atoms with van der Waals surface area (Å²) in [5, 5.41) is 14.6. The zero-order valence-corrected chi connectivity index (χ0v) is 9.14. The molecule has 0 spiro atoms. The Kier molecular flexibility index (Phi) is 2.97. The lowest BCUT2D eigenvalue weighted by molar-refractivity contribution is -0.386. The minimum Gasteiger partial charge on any atom is -0.397 e. The molecule has 0 radical (unpaired) electrons. The molecule has 0 aromatic carbocycles. The van der Waals surface area contributed by atoms with Crippen molar-refractivity contribution in [3.05, 3.63) is 22.6 Å². The van der Waals surface area contributed by atoms with Crippen LogP contribution in [-0.2, 0) is 7.05 Å². The summed E-state index contributed by atoms with van der Waals surface area (Å²) >= 11 is 0. The van der Waals surface area contributed by atoms with Crippen molar-refractivity contribution in [3.63, 3.8) is 0 Å². The molecule has 2 aromatic rings. The number of nitrogens with zero attached hydrogens (tertiary/aromatic N) is 6. The molecule has 2 heterocycles. The molecule has 3 N–H and O–H groups in total. The molecule has 2 aromatic heterocycles. The molecule has 0 aliphatic heterocycles. The third kappa shape index (κ3) is 2.30. The van der Waals surface area contributed by atoms with E-state index < -0.39 is 10.6 Å². The highest BCUT2D eigenvalue weighted by molar-refractivity contribution is 5.43. The molecule has 0 amide bonds. The van der Waals surface area contributed by atoms with Gasteiger partial charge in [0.15, 0.2) is 0 Å². The lowest BCUT2D eigenvalue weighted by atomic mass is 10.5. The fourth-order valence-electron chi connectivity index (χ4n) is 1.08. The van der Waals surface area contributed by atoms with E-state index in [-0.39, 0.29) is 17.8 Å². The second-order valence-corrected chi connectivity index (χ2v) is 3.09. The van der Waals surface area contributed by atoms with Gasteiger partial charge in [0.05, 0.1) is 4.92 Å². The maximum atomic E-state index is 10.8. The number of nitro groups is 1. The van der Waals surface area contributed by atoms with Gasteiger partial charge < -0.3 is 4.74 Å². The Bertz CT molecular complexity index is 582. The summed E-state index contributed by atoms with van der Waals surface area (Å²) in [4.78, 5) is 21.2. The summed E-state index contributed by atoms with van der Waals surface area (Å²) < 4.78 is 6.48. The molecule has 0 saturated carbocycles. The predicted octanol–water partition coefficient (Wildman–Crippen LogP) is -0.409. The number of ether oxygens (including phenoxy) is 1. The van der Waals surface area contributed by atoms with E-state index in [1.54, 1.807) is 7.05 Å². The van der Waals surface area contributed by atoms with Crippen LogP contribution in [0.15, 0.2) is 12.5 Å². The molecule has 0 unspecified atom stereocenters. The highest BCUT2D eigenvalue weighted by Gasteiger charge is 2.20. The van der Waals surface area contributed by atoms with Crippen molar-refractivity contribution >= 4 is 11.6 Å². The number of nitrogens with one attached hydrogen (secondary N) is 1. The van der Waals surface area contributed by atoms with Crippen LogP contribution >= 0.6 is 0 Å². The van der Waals surface area contributed by atoms with Gasteiger partial charge in [-0.3, -0.25) is 20.2 Å². The molecule has 0 aliphatic carbocycles. The van der Waals surface area contributed by atoms with E-state index in [4.69, 9.17) is 10.6 Å². The van der Waals surface area contributed by atoms with Crippen LogP contribution in [0.3, 0.4) is 0 Å². The van der Waals surface area contributed by atoms with Crippen molar-refractivity contribution < 1.29 is 9.66 Å². The minimum atomic E-state index is -0.682. The third-order valence-corrected chi connectivity index (χ3v) is 1.83. The Morgan fingerprint density at radius 1 is 1.56 bits per heavy atom. The van der Waals surface area contributed by atoms with E-state index in [9.17, 15) is 10.1 Å². The van der Waals surface area contributed by atoms with Crippen LogP contribution in [0.2, 0.25) is 0 Å². The first-order valence-electron chi connectivity index (χ1n) is 4.61. The summed E-state index contributed by atoms with van der Waals surface area (Å²) in [6, 6.07) is -0.0673. The topological polar surface area (TPSA) is 147 Å². The molecule has 18 heavy (non-hydrogen) atoms. The lowest BCUT2D eigenvalue weighted by Crippen LogP contribution is -2.11. The first kappa shape index (κ1) is 11.7. The number of nitrogens with two attached hydrogens (primary N) is 1. The van der Waals surface area contributed by atoms with E-state index in [0.29, 0.717) is 0 Å². The van der Waals surface area contributed by atoms with Crippen molar-refractivity contribution in [3.8, 4) is 11.9 Å². The lowest BCUT2D eigenvalue weighted by Gasteiger charge is -2.02. The van der Waals surface area contributed by atoms with E-state index in [1.165, 1.54) is 11.0 Å². The minimum absolute atomic E-state index is 0.0217. The van der Waals surface area contributed by atoms with E-state index in [2.05, 4.69) is 25.5 Å². The van der Waals surface area contributed by atoms with Crippen LogP contribution in [-0.4, -0.2) is 29.7 Å². The Labute approximate surface area is 99.7 Å². The number of rotatable bonds is 4. The van der Waals surface area contributed by atoms with Gasteiger partial charge in [-0.2, -0.15) is 9.97 Å². The normalized spacial score (nSPS) is 10.1. The van der Waals surface area contributed by atoms with Crippen molar-refractivity contribution in [1.82, 2.24) is 24.7 Å². The first-order chi connectivity index (χ1) is 8.60. The average Bonchev–Trinajstić information content (AvgIpc) is 2.74. The van der Waals surface area contributed by atoms with Gasteiger partial charge in [-0.15, -0.1) is 5.10 Å². The number of aromatic nitrogens is 5. The quantitative estimate of drug-likeness (QED) is 0.420. The predicted molar refractivity (Wildman–Crippen MR) is 57.6 cm³/mol. The number of anilines is 1. The van der Waals surface area contributed by atoms with Crippen LogP contribution in [0.5, 0.6) is 11.9 Å². The van der Waals surface area contributed by atoms with Gasteiger partial charge in [-0.1, -0.05) is 0 Å². The second kappa shape index (κ2) is 4.58. The van der Waals surface area contributed by atoms with Gasteiger partial charge >= 0.3 is 17.6 Å². The number of hydrazine groups is 1. The molecule has 0 bridgehead atoms. The maximum absolute atomic E-state index is 10.8. The molecule has 0 saturated heterocycles. The highest BCUT2D eigenvalue weighted by Crippen LogP contribution is 2.27. The fraction of sp³-hybridized carbons (Fsp3) is 0.143. The Morgan fingerprint density at radius 3 is 2.89 bits per heavy atom. The molecule has 0 fully saturated rings. The zero-order valence-electron chi connectivity index (χ0n) is 9.14. The van der Waals surface area contributed by atoms with Crippen LogP contribution in [0, 0.1) is 10.1 Å². The van der Waals surface area contributed by atoms with Crippen molar-refractivity contribution in [2.75, 3.05) is 5.43 Å². The first-order valence-corrected chi connectivity index (χ1v) is 4.61. The average molecular weight is 252 g/mol. The van der Waals surface area contributed by atoms with Crippen LogP contribution in [0.1, 0.15) is 0 Å². The maximum Gasteiger partial charge on any atom is 0.349 e. The fourth-order valence-corrected chi connectivity index (χ4v) is 1.08. The Hall–Kier alpha value is -2.82. The monoisotopic (exact) mass is 252 g/mol. The summed E-state index contributed by atoms with van der Waals surface area (Å²) in [7, 11) is 1.63. The van der Waals surface area contributed by atoms with Gasteiger partial charge in [-0.05, 0) is 0 Å². The summed E-state index contributed by atoms with van der Waals surface area (Å²) in [6.45, 7) is 0. The summed E-state index contributed by atoms with van der Waals surface area (Å²) in [6.07, 6.45) is 2.35. The number of hydrogen-bond acceptors (Lipinski definition) is 9. The molecular formula is C7H8N8O3. The van der Waals surface area contributed by atoms with Crippen molar-refractivity contribution in [1.29, 1.82) is 0 Å². The van der Waals surface area contributed by atoms with Crippen molar-refractivity contribution in [2.24, 2.45) is 12.9 Å². The standard InChI is InChI=1S/C7H8N8O3/c1-14-3-10-7(13-14)18-5-4(15(16)17)2-9-6(11-5)12-8/h2-3H,8H2,1H3,(H,9,11,12). The van der Waals surface area contributed by atoms with Crippen LogP contribution in [0.4, 0.5) is 11.6 Å². The zero-order chi connectivity index (χ0) is 13.1. The smallest absolute Gasteiger partial charge is 0.349 e. The van der Waals surface area contributed by atoms with E-state index >= 15 is 0 Å².